The van der Waals surface area contributed by atoms with E-state index >= 15 is 0 Å². The van der Waals surface area contributed by atoms with Crippen LogP contribution in [-0.4, -0.2) is 27.5 Å². The molecule has 0 aliphatic carbocycles. The number of carbonyl (C=O) groups is 1. The van der Waals surface area contributed by atoms with Gasteiger partial charge in [0.15, 0.2) is 17.6 Å². The SMILES string of the molecule is CC[C@@H](Oc1ccccc1OC)C(=O)Nc1ccc(S(=O)(=O)Nc2ccc(C)cc2)cc1. The fourth-order valence-electron chi connectivity index (χ4n) is 2.97. The molecule has 3 aromatic rings. The van der Waals surface area contributed by atoms with E-state index in [0.29, 0.717) is 29.3 Å². The lowest BCUT2D eigenvalue weighted by Crippen LogP contribution is -2.32. The fourth-order valence-corrected chi connectivity index (χ4v) is 4.03. The predicted octanol–water partition coefficient (Wildman–Crippen LogP) is 4.60. The highest BCUT2D eigenvalue weighted by atomic mass is 32.2. The third-order valence-electron chi connectivity index (χ3n) is 4.74. The zero-order valence-corrected chi connectivity index (χ0v) is 19.0. The van der Waals surface area contributed by atoms with E-state index in [9.17, 15) is 13.2 Å². The molecular formula is C24H26N2O5S. The lowest BCUT2D eigenvalue weighted by atomic mass is 10.2. The molecule has 0 aliphatic heterocycles. The second-order valence-electron chi connectivity index (χ2n) is 7.15. The molecule has 0 fully saturated rings. The summed E-state index contributed by atoms with van der Waals surface area (Å²) in [7, 11) is -2.21. The zero-order valence-electron chi connectivity index (χ0n) is 18.2. The molecule has 3 rings (SSSR count). The summed E-state index contributed by atoms with van der Waals surface area (Å²) in [5.41, 5.74) is 1.98. The molecule has 0 spiro atoms. The van der Waals surface area contributed by atoms with Crippen molar-refractivity contribution in [3.05, 3.63) is 78.4 Å². The van der Waals surface area contributed by atoms with Crippen LogP contribution in [-0.2, 0) is 14.8 Å². The van der Waals surface area contributed by atoms with Crippen molar-refractivity contribution in [2.24, 2.45) is 0 Å². The summed E-state index contributed by atoms with van der Waals surface area (Å²) in [5.74, 6) is 0.668. The third-order valence-corrected chi connectivity index (χ3v) is 6.13. The molecule has 2 N–H and O–H groups in total. The number of benzene rings is 3. The molecule has 0 aromatic heterocycles. The van der Waals surface area contributed by atoms with Gasteiger partial charge in [0.05, 0.1) is 12.0 Å². The molecule has 32 heavy (non-hydrogen) atoms. The van der Waals surface area contributed by atoms with Crippen molar-refractivity contribution in [3.8, 4) is 11.5 Å². The number of amides is 1. The molecule has 0 heterocycles. The molecule has 8 heteroatoms. The number of hydrogen-bond acceptors (Lipinski definition) is 5. The third kappa shape index (κ3) is 5.79. The minimum absolute atomic E-state index is 0.0911. The number of sulfonamides is 1. The van der Waals surface area contributed by atoms with Crippen LogP contribution in [0, 0.1) is 6.92 Å². The van der Waals surface area contributed by atoms with Gasteiger partial charge in [0.25, 0.3) is 15.9 Å². The smallest absolute Gasteiger partial charge is 0.265 e. The first-order chi connectivity index (χ1) is 15.3. The van der Waals surface area contributed by atoms with Crippen LogP contribution in [0.5, 0.6) is 11.5 Å². The predicted molar refractivity (Wildman–Crippen MR) is 125 cm³/mol. The Kier molecular flexibility index (Phi) is 7.37. The van der Waals surface area contributed by atoms with Crippen LogP contribution in [0.25, 0.3) is 0 Å². The number of para-hydroxylation sites is 2. The maximum Gasteiger partial charge on any atom is 0.265 e. The highest BCUT2D eigenvalue weighted by Crippen LogP contribution is 2.27. The summed E-state index contributed by atoms with van der Waals surface area (Å²) < 4.78 is 38.8. The molecule has 1 amide bonds. The zero-order chi connectivity index (χ0) is 23.1. The van der Waals surface area contributed by atoms with E-state index in [1.807, 2.05) is 32.0 Å². The largest absolute Gasteiger partial charge is 0.493 e. The number of carbonyl (C=O) groups excluding carboxylic acids is 1. The summed E-state index contributed by atoms with van der Waals surface area (Å²) in [5, 5.41) is 2.77. The van der Waals surface area contributed by atoms with Gasteiger partial charge in [-0.2, -0.15) is 0 Å². The lowest BCUT2D eigenvalue weighted by Gasteiger charge is -2.19. The lowest BCUT2D eigenvalue weighted by molar-refractivity contribution is -0.122. The number of aryl methyl sites for hydroxylation is 1. The number of rotatable bonds is 9. The van der Waals surface area contributed by atoms with Crippen molar-refractivity contribution in [1.82, 2.24) is 0 Å². The van der Waals surface area contributed by atoms with Crippen molar-refractivity contribution in [3.63, 3.8) is 0 Å². The van der Waals surface area contributed by atoms with Crippen LogP contribution in [0.1, 0.15) is 18.9 Å². The van der Waals surface area contributed by atoms with Gasteiger partial charge in [0.2, 0.25) is 0 Å². The number of nitrogens with one attached hydrogen (secondary N) is 2. The van der Waals surface area contributed by atoms with Gasteiger partial charge >= 0.3 is 0 Å². The Bertz CT molecular complexity index is 1160. The standard InChI is InChI=1S/C24H26N2O5S/c1-4-21(31-23-8-6-5-7-22(23)30-3)24(27)25-18-13-15-20(16-14-18)32(28,29)26-19-11-9-17(2)10-12-19/h5-16,21,26H,4H2,1-3H3,(H,25,27)/t21-/m1/s1. The van der Waals surface area contributed by atoms with E-state index in [0.717, 1.165) is 5.56 Å². The van der Waals surface area contributed by atoms with E-state index in [-0.39, 0.29) is 10.8 Å². The maximum absolute atomic E-state index is 12.7. The van der Waals surface area contributed by atoms with E-state index in [1.54, 1.807) is 30.3 Å². The number of methoxy groups -OCH3 is 1. The quantitative estimate of drug-likeness (QED) is 0.493. The molecule has 0 radical (unpaired) electrons. The van der Waals surface area contributed by atoms with Crippen LogP contribution < -0.4 is 19.5 Å². The average Bonchev–Trinajstić information content (AvgIpc) is 2.79. The van der Waals surface area contributed by atoms with Gasteiger partial charge in [-0.1, -0.05) is 36.8 Å². The van der Waals surface area contributed by atoms with Gasteiger partial charge in [0.1, 0.15) is 0 Å². The van der Waals surface area contributed by atoms with Gasteiger partial charge < -0.3 is 14.8 Å². The van der Waals surface area contributed by atoms with Crippen molar-refractivity contribution >= 4 is 27.3 Å². The van der Waals surface area contributed by atoms with Crippen LogP contribution >= 0.6 is 0 Å². The number of anilines is 2. The van der Waals surface area contributed by atoms with Crippen molar-refractivity contribution < 1.29 is 22.7 Å². The average molecular weight is 455 g/mol. The minimum atomic E-state index is -3.74. The monoisotopic (exact) mass is 454 g/mol. The van der Waals surface area contributed by atoms with Crippen LogP contribution in [0.15, 0.2) is 77.7 Å². The normalized spacial score (nSPS) is 12.0. The van der Waals surface area contributed by atoms with Gasteiger partial charge in [-0.05, 0) is 61.9 Å². The summed E-state index contributed by atoms with van der Waals surface area (Å²) in [6.07, 6.45) is -0.297. The summed E-state index contributed by atoms with van der Waals surface area (Å²) in [6, 6.07) is 20.1. The summed E-state index contributed by atoms with van der Waals surface area (Å²) in [6.45, 7) is 3.77. The molecular weight excluding hydrogens is 428 g/mol. The topological polar surface area (TPSA) is 93.7 Å². The highest BCUT2D eigenvalue weighted by molar-refractivity contribution is 7.92. The van der Waals surface area contributed by atoms with Crippen molar-refractivity contribution in [2.45, 2.75) is 31.3 Å². The summed E-state index contributed by atoms with van der Waals surface area (Å²) in [4.78, 5) is 12.8. The van der Waals surface area contributed by atoms with E-state index in [1.165, 1.54) is 31.4 Å². The minimum Gasteiger partial charge on any atom is -0.493 e. The molecule has 0 bridgehead atoms. The van der Waals surface area contributed by atoms with Crippen molar-refractivity contribution in [1.29, 1.82) is 0 Å². The van der Waals surface area contributed by atoms with Gasteiger partial charge in [-0.3, -0.25) is 9.52 Å². The Morgan fingerprint density at radius 2 is 1.50 bits per heavy atom. The maximum atomic E-state index is 12.7. The van der Waals surface area contributed by atoms with Gasteiger partial charge in [-0.25, -0.2) is 8.42 Å². The molecule has 0 aliphatic rings. The highest BCUT2D eigenvalue weighted by Gasteiger charge is 2.21. The Hall–Kier alpha value is -3.52. The number of ether oxygens (including phenoxy) is 2. The molecule has 0 saturated carbocycles. The summed E-state index contributed by atoms with van der Waals surface area (Å²) >= 11 is 0. The second kappa shape index (κ2) is 10.2. The number of hydrogen-bond donors (Lipinski definition) is 2. The molecule has 0 unspecified atom stereocenters. The molecule has 3 aromatic carbocycles. The van der Waals surface area contributed by atoms with Gasteiger partial charge in [-0.15, -0.1) is 0 Å². The van der Waals surface area contributed by atoms with Gasteiger partial charge in [0, 0.05) is 11.4 Å². The van der Waals surface area contributed by atoms with Crippen LogP contribution in [0.2, 0.25) is 0 Å². The first-order valence-electron chi connectivity index (χ1n) is 10.1. The molecule has 0 saturated heterocycles. The Labute approximate surface area is 188 Å². The van der Waals surface area contributed by atoms with E-state index in [2.05, 4.69) is 10.0 Å². The molecule has 168 valence electrons. The molecule has 1 atom stereocenters. The fraction of sp³-hybridized carbons (Fsp3) is 0.208. The Morgan fingerprint density at radius 1 is 0.906 bits per heavy atom. The Morgan fingerprint density at radius 3 is 2.09 bits per heavy atom. The van der Waals surface area contributed by atoms with Crippen molar-refractivity contribution in [2.75, 3.05) is 17.1 Å². The van der Waals surface area contributed by atoms with E-state index in [4.69, 9.17) is 9.47 Å². The van der Waals surface area contributed by atoms with Crippen LogP contribution in [0.3, 0.4) is 0 Å². The second-order valence-corrected chi connectivity index (χ2v) is 8.83. The van der Waals surface area contributed by atoms with Crippen LogP contribution in [0.4, 0.5) is 11.4 Å². The van der Waals surface area contributed by atoms with E-state index < -0.39 is 16.1 Å². The first kappa shape index (κ1) is 23.1. The molecule has 7 nitrogen and oxygen atoms in total. The first-order valence-corrected chi connectivity index (χ1v) is 11.6. The Balaban J connectivity index is 1.67.